The summed E-state index contributed by atoms with van der Waals surface area (Å²) < 4.78 is 10.6. The van der Waals surface area contributed by atoms with Crippen LogP contribution < -0.4 is 0 Å². The first-order valence-corrected chi connectivity index (χ1v) is 7.45. The number of carboxylic acid groups (broad SMARTS) is 1. The van der Waals surface area contributed by atoms with Gasteiger partial charge in [-0.3, -0.25) is 9.59 Å². The SMILES string of the molecule is COCC1(C(=O)O)CCN(C(=O)C(C)OCCC(C)C)C1. The lowest BCUT2D eigenvalue weighted by atomic mass is 9.88. The van der Waals surface area contributed by atoms with Crippen LogP contribution in [0.2, 0.25) is 0 Å². The van der Waals surface area contributed by atoms with Gasteiger partial charge in [0.2, 0.25) is 0 Å². The summed E-state index contributed by atoms with van der Waals surface area (Å²) in [6.07, 6.45) is 0.789. The fourth-order valence-corrected chi connectivity index (χ4v) is 2.50. The average Bonchev–Trinajstić information content (AvgIpc) is 2.83. The highest BCUT2D eigenvalue weighted by atomic mass is 16.5. The van der Waals surface area contributed by atoms with Crippen molar-refractivity contribution in [1.82, 2.24) is 4.90 Å². The summed E-state index contributed by atoms with van der Waals surface area (Å²) in [4.78, 5) is 25.3. The Balaban J connectivity index is 2.54. The maximum absolute atomic E-state index is 12.3. The van der Waals surface area contributed by atoms with Crippen molar-refractivity contribution in [2.75, 3.05) is 33.4 Å². The summed E-state index contributed by atoms with van der Waals surface area (Å²) in [7, 11) is 1.48. The van der Waals surface area contributed by atoms with Gasteiger partial charge in [0, 0.05) is 26.8 Å². The highest BCUT2D eigenvalue weighted by Crippen LogP contribution is 2.31. The lowest BCUT2D eigenvalue weighted by Gasteiger charge is -2.25. The Bertz CT molecular complexity index is 371. The van der Waals surface area contributed by atoms with Gasteiger partial charge in [-0.15, -0.1) is 0 Å². The van der Waals surface area contributed by atoms with Crippen LogP contribution in [0.4, 0.5) is 0 Å². The number of carbonyl (C=O) groups is 2. The Hall–Kier alpha value is -1.14. The van der Waals surface area contributed by atoms with Crippen molar-refractivity contribution in [1.29, 1.82) is 0 Å². The molecule has 0 saturated carbocycles. The molecule has 0 aromatic carbocycles. The topological polar surface area (TPSA) is 76.1 Å². The third-order valence-electron chi connectivity index (χ3n) is 3.95. The number of aliphatic carboxylic acids is 1. The molecule has 0 aromatic rings. The van der Waals surface area contributed by atoms with E-state index in [1.165, 1.54) is 7.11 Å². The normalized spacial score (nSPS) is 23.6. The van der Waals surface area contributed by atoms with Crippen LogP contribution in [-0.4, -0.2) is 61.4 Å². The van der Waals surface area contributed by atoms with Gasteiger partial charge in [0.1, 0.15) is 11.5 Å². The number of carbonyl (C=O) groups excluding carboxylic acids is 1. The Labute approximate surface area is 126 Å². The van der Waals surface area contributed by atoms with Crippen molar-refractivity contribution in [2.45, 2.75) is 39.7 Å². The Morgan fingerprint density at radius 3 is 2.52 bits per heavy atom. The third kappa shape index (κ3) is 4.68. The van der Waals surface area contributed by atoms with Gasteiger partial charge in [-0.25, -0.2) is 0 Å². The lowest BCUT2D eigenvalue weighted by molar-refractivity contribution is -0.152. The number of rotatable bonds is 8. The van der Waals surface area contributed by atoms with E-state index in [9.17, 15) is 14.7 Å². The largest absolute Gasteiger partial charge is 0.481 e. The quantitative estimate of drug-likeness (QED) is 0.733. The Morgan fingerprint density at radius 1 is 1.33 bits per heavy atom. The zero-order valence-corrected chi connectivity index (χ0v) is 13.4. The van der Waals surface area contributed by atoms with E-state index in [1.807, 2.05) is 0 Å². The highest BCUT2D eigenvalue weighted by molar-refractivity contribution is 5.83. The van der Waals surface area contributed by atoms with Gasteiger partial charge in [-0.1, -0.05) is 13.8 Å². The third-order valence-corrected chi connectivity index (χ3v) is 3.95. The standard InChI is InChI=1S/C15H27NO5/c1-11(2)5-8-21-12(3)13(17)16-7-6-15(9-16,10-20-4)14(18)19/h11-12H,5-10H2,1-4H3,(H,18,19). The van der Waals surface area contributed by atoms with Crippen LogP contribution >= 0.6 is 0 Å². The van der Waals surface area contributed by atoms with Gasteiger partial charge < -0.3 is 19.5 Å². The summed E-state index contributed by atoms with van der Waals surface area (Å²) in [5.74, 6) is -0.522. The fourth-order valence-electron chi connectivity index (χ4n) is 2.50. The minimum absolute atomic E-state index is 0.120. The van der Waals surface area contributed by atoms with Crippen molar-refractivity contribution in [2.24, 2.45) is 11.3 Å². The lowest BCUT2D eigenvalue weighted by Crippen LogP contribution is -2.43. The minimum atomic E-state index is -0.984. The molecule has 0 radical (unpaired) electrons. The molecule has 2 atom stereocenters. The van der Waals surface area contributed by atoms with Gasteiger partial charge in [0.15, 0.2) is 0 Å². The maximum Gasteiger partial charge on any atom is 0.313 e. The summed E-state index contributed by atoms with van der Waals surface area (Å²) in [5, 5.41) is 9.39. The molecule has 0 bridgehead atoms. The molecule has 0 aliphatic carbocycles. The molecular formula is C15H27NO5. The van der Waals surface area contributed by atoms with Crippen LogP contribution in [0.3, 0.4) is 0 Å². The minimum Gasteiger partial charge on any atom is -0.481 e. The van der Waals surface area contributed by atoms with Crippen molar-refractivity contribution >= 4 is 11.9 Å². The molecular weight excluding hydrogens is 274 g/mol. The highest BCUT2D eigenvalue weighted by Gasteiger charge is 2.47. The van der Waals surface area contributed by atoms with Crippen molar-refractivity contribution in [3.63, 3.8) is 0 Å². The van der Waals surface area contributed by atoms with Gasteiger partial charge in [-0.05, 0) is 25.7 Å². The average molecular weight is 301 g/mol. The first kappa shape index (κ1) is 17.9. The molecule has 0 spiro atoms. The van der Waals surface area contributed by atoms with E-state index >= 15 is 0 Å². The number of methoxy groups -OCH3 is 1. The number of likely N-dealkylation sites (tertiary alicyclic amines) is 1. The van der Waals surface area contributed by atoms with Gasteiger partial charge >= 0.3 is 5.97 Å². The number of ether oxygens (including phenoxy) is 2. The van der Waals surface area contributed by atoms with E-state index in [2.05, 4.69) is 13.8 Å². The van der Waals surface area contributed by atoms with Gasteiger partial charge in [-0.2, -0.15) is 0 Å². The molecule has 1 amide bonds. The summed E-state index contributed by atoms with van der Waals surface area (Å²) in [6.45, 7) is 7.21. The van der Waals surface area contributed by atoms with Crippen LogP contribution in [0, 0.1) is 11.3 Å². The summed E-state index contributed by atoms with van der Waals surface area (Å²) in [5.41, 5.74) is -0.984. The van der Waals surface area contributed by atoms with E-state index in [4.69, 9.17) is 9.47 Å². The van der Waals surface area contributed by atoms with Crippen molar-refractivity contribution < 1.29 is 24.2 Å². The van der Waals surface area contributed by atoms with Crippen LogP contribution in [0.15, 0.2) is 0 Å². The zero-order chi connectivity index (χ0) is 16.0. The number of hydrogen-bond acceptors (Lipinski definition) is 4. The number of carboxylic acids is 1. The summed E-state index contributed by atoms with van der Waals surface area (Å²) >= 11 is 0. The van der Waals surface area contributed by atoms with Gasteiger partial charge in [0.05, 0.1) is 6.61 Å². The molecule has 0 aromatic heterocycles. The monoisotopic (exact) mass is 301 g/mol. The molecule has 1 aliphatic rings. The second-order valence-electron chi connectivity index (χ2n) is 6.22. The zero-order valence-electron chi connectivity index (χ0n) is 13.4. The van der Waals surface area contributed by atoms with E-state index in [1.54, 1.807) is 11.8 Å². The number of nitrogens with zero attached hydrogens (tertiary/aromatic N) is 1. The molecule has 1 fully saturated rings. The molecule has 122 valence electrons. The Morgan fingerprint density at radius 2 is 2.00 bits per heavy atom. The summed E-state index contributed by atoms with van der Waals surface area (Å²) in [6, 6.07) is 0. The first-order chi connectivity index (χ1) is 9.82. The van der Waals surface area contributed by atoms with Crippen molar-refractivity contribution in [3.8, 4) is 0 Å². The van der Waals surface area contributed by atoms with E-state index in [0.29, 0.717) is 25.5 Å². The second-order valence-corrected chi connectivity index (χ2v) is 6.22. The van der Waals surface area contributed by atoms with Crippen molar-refractivity contribution in [3.05, 3.63) is 0 Å². The fraction of sp³-hybridized carbons (Fsp3) is 0.867. The molecule has 1 saturated heterocycles. The second kappa shape index (κ2) is 7.75. The van der Waals surface area contributed by atoms with Crippen LogP contribution in [-0.2, 0) is 19.1 Å². The van der Waals surface area contributed by atoms with Crippen LogP contribution in [0.25, 0.3) is 0 Å². The Kier molecular flexibility index (Phi) is 6.61. The number of amides is 1. The van der Waals surface area contributed by atoms with Crippen LogP contribution in [0.5, 0.6) is 0 Å². The smallest absolute Gasteiger partial charge is 0.313 e. The van der Waals surface area contributed by atoms with E-state index in [-0.39, 0.29) is 19.1 Å². The number of hydrogen-bond donors (Lipinski definition) is 1. The molecule has 1 aliphatic heterocycles. The molecule has 21 heavy (non-hydrogen) atoms. The maximum atomic E-state index is 12.3. The predicted molar refractivity (Wildman–Crippen MR) is 78.0 cm³/mol. The first-order valence-electron chi connectivity index (χ1n) is 7.45. The predicted octanol–water partition coefficient (Wildman–Crippen LogP) is 1.39. The van der Waals surface area contributed by atoms with Crippen LogP contribution in [0.1, 0.15) is 33.6 Å². The molecule has 1 rings (SSSR count). The van der Waals surface area contributed by atoms with Gasteiger partial charge in [0.25, 0.3) is 5.91 Å². The molecule has 6 nitrogen and oxygen atoms in total. The molecule has 1 N–H and O–H groups in total. The molecule has 1 heterocycles. The van der Waals surface area contributed by atoms with E-state index in [0.717, 1.165) is 6.42 Å². The molecule has 6 heteroatoms. The molecule has 2 unspecified atom stereocenters. The van der Waals surface area contributed by atoms with E-state index < -0.39 is 17.5 Å².